The van der Waals surface area contributed by atoms with Crippen LogP contribution in [0.1, 0.15) is 35.5 Å². The zero-order valence-electron chi connectivity index (χ0n) is 14.3. The molecule has 1 atom stereocenters. The number of rotatable bonds is 3. The minimum absolute atomic E-state index is 0.322. The van der Waals surface area contributed by atoms with Gasteiger partial charge in [-0.15, -0.1) is 0 Å². The van der Waals surface area contributed by atoms with E-state index in [9.17, 15) is 0 Å². The Morgan fingerprint density at radius 2 is 2.04 bits per heavy atom. The van der Waals surface area contributed by atoms with Crippen molar-refractivity contribution in [2.75, 3.05) is 26.8 Å². The molecule has 5 nitrogen and oxygen atoms in total. The van der Waals surface area contributed by atoms with Crippen LogP contribution < -0.4 is 9.47 Å². The van der Waals surface area contributed by atoms with Crippen LogP contribution in [0.3, 0.4) is 0 Å². The van der Waals surface area contributed by atoms with E-state index in [-0.39, 0.29) is 0 Å². The summed E-state index contributed by atoms with van der Waals surface area (Å²) in [6.07, 6.45) is 4.91. The van der Waals surface area contributed by atoms with Crippen LogP contribution in [0.2, 0.25) is 0 Å². The van der Waals surface area contributed by atoms with E-state index in [1.807, 2.05) is 12.3 Å². The number of nitrogens with zero attached hydrogens (tertiary/aromatic N) is 3. The Morgan fingerprint density at radius 3 is 2.92 bits per heavy atom. The maximum absolute atomic E-state index is 5.67. The van der Waals surface area contributed by atoms with Gasteiger partial charge in [0.2, 0.25) is 5.88 Å². The molecule has 0 saturated carbocycles. The number of methoxy groups -OCH3 is 1. The summed E-state index contributed by atoms with van der Waals surface area (Å²) in [6, 6.07) is 6.60. The van der Waals surface area contributed by atoms with Gasteiger partial charge in [0.05, 0.1) is 19.4 Å². The molecule has 4 heterocycles. The van der Waals surface area contributed by atoms with E-state index >= 15 is 0 Å². The zero-order valence-corrected chi connectivity index (χ0v) is 14.3. The van der Waals surface area contributed by atoms with Crippen molar-refractivity contribution in [1.29, 1.82) is 0 Å². The summed E-state index contributed by atoms with van der Waals surface area (Å²) in [4.78, 5) is 11.7. The average molecular weight is 325 g/mol. The third kappa shape index (κ3) is 2.84. The molecule has 2 aromatic heterocycles. The lowest BCUT2D eigenvalue weighted by Gasteiger charge is -2.27. The summed E-state index contributed by atoms with van der Waals surface area (Å²) in [7, 11) is 1.67. The van der Waals surface area contributed by atoms with Crippen LogP contribution in [0.25, 0.3) is 0 Å². The van der Waals surface area contributed by atoms with Crippen molar-refractivity contribution >= 4 is 0 Å². The molecule has 0 spiro atoms. The van der Waals surface area contributed by atoms with Gasteiger partial charge in [-0.05, 0) is 30.5 Å². The standard InChI is InChI=1S/C19H23N3O2/c1-13(15-11-18-17(20-12-15)7-10-24-18)22-8-5-14-3-4-19(23-2)21-16(14)6-9-22/h3-4,11-13H,5-10H2,1-2H3. The molecule has 2 aliphatic heterocycles. The summed E-state index contributed by atoms with van der Waals surface area (Å²) in [6.45, 7) is 5.03. The molecular formula is C19H23N3O2. The summed E-state index contributed by atoms with van der Waals surface area (Å²) >= 11 is 0. The topological polar surface area (TPSA) is 47.5 Å². The van der Waals surface area contributed by atoms with Crippen molar-refractivity contribution < 1.29 is 9.47 Å². The maximum atomic E-state index is 5.67. The summed E-state index contributed by atoms with van der Waals surface area (Å²) in [5.74, 6) is 1.67. The summed E-state index contributed by atoms with van der Waals surface area (Å²) in [5, 5.41) is 0. The fraction of sp³-hybridized carbons (Fsp3) is 0.474. The fourth-order valence-corrected chi connectivity index (χ4v) is 3.58. The molecule has 126 valence electrons. The molecule has 5 heteroatoms. The van der Waals surface area contributed by atoms with E-state index in [0.29, 0.717) is 11.9 Å². The number of ether oxygens (including phenoxy) is 2. The summed E-state index contributed by atoms with van der Waals surface area (Å²) in [5.41, 5.74) is 4.82. The second-order valence-corrected chi connectivity index (χ2v) is 6.48. The van der Waals surface area contributed by atoms with Gasteiger partial charge in [0, 0.05) is 49.9 Å². The van der Waals surface area contributed by atoms with Gasteiger partial charge in [-0.3, -0.25) is 9.88 Å². The molecular weight excluding hydrogens is 302 g/mol. The third-order valence-corrected chi connectivity index (χ3v) is 5.13. The predicted octanol–water partition coefficient (Wildman–Crippen LogP) is 2.58. The molecule has 0 fully saturated rings. The molecule has 1 unspecified atom stereocenters. The van der Waals surface area contributed by atoms with Crippen molar-refractivity contribution in [2.24, 2.45) is 0 Å². The highest BCUT2D eigenvalue weighted by molar-refractivity contribution is 5.35. The van der Waals surface area contributed by atoms with E-state index in [1.54, 1.807) is 7.11 Å². The van der Waals surface area contributed by atoms with Gasteiger partial charge >= 0.3 is 0 Å². The van der Waals surface area contributed by atoms with Gasteiger partial charge in [0.25, 0.3) is 0 Å². The highest BCUT2D eigenvalue weighted by Crippen LogP contribution is 2.30. The van der Waals surface area contributed by atoms with Crippen LogP contribution in [0.15, 0.2) is 24.4 Å². The van der Waals surface area contributed by atoms with Gasteiger partial charge in [-0.1, -0.05) is 6.07 Å². The lowest BCUT2D eigenvalue weighted by atomic mass is 10.1. The van der Waals surface area contributed by atoms with Gasteiger partial charge in [-0.25, -0.2) is 4.98 Å². The first-order chi connectivity index (χ1) is 11.7. The van der Waals surface area contributed by atoms with E-state index in [0.717, 1.165) is 50.4 Å². The van der Waals surface area contributed by atoms with Gasteiger partial charge < -0.3 is 9.47 Å². The van der Waals surface area contributed by atoms with Crippen molar-refractivity contribution in [2.45, 2.75) is 32.2 Å². The van der Waals surface area contributed by atoms with Gasteiger partial charge in [-0.2, -0.15) is 0 Å². The smallest absolute Gasteiger partial charge is 0.213 e. The minimum atomic E-state index is 0.322. The second-order valence-electron chi connectivity index (χ2n) is 6.48. The van der Waals surface area contributed by atoms with E-state index in [1.165, 1.54) is 16.8 Å². The van der Waals surface area contributed by atoms with Crippen LogP contribution in [0.5, 0.6) is 11.6 Å². The monoisotopic (exact) mass is 325 g/mol. The Balaban J connectivity index is 1.51. The van der Waals surface area contributed by atoms with Gasteiger partial charge in [0.1, 0.15) is 5.75 Å². The minimum Gasteiger partial charge on any atom is -0.491 e. The van der Waals surface area contributed by atoms with E-state index in [2.05, 4.69) is 33.9 Å². The van der Waals surface area contributed by atoms with Crippen LogP contribution in [-0.4, -0.2) is 41.7 Å². The molecule has 0 aromatic carbocycles. The maximum Gasteiger partial charge on any atom is 0.213 e. The largest absolute Gasteiger partial charge is 0.491 e. The molecule has 24 heavy (non-hydrogen) atoms. The molecule has 2 aromatic rings. The first-order valence-corrected chi connectivity index (χ1v) is 8.63. The number of fused-ring (bicyclic) bond motifs is 2. The van der Waals surface area contributed by atoms with E-state index < -0.39 is 0 Å². The Kier molecular flexibility index (Phi) is 4.10. The normalized spacial score (nSPS) is 18.2. The lowest BCUT2D eigenvalue weighted by Crippen LogP contribution is -2.29. The summed E-state index contributed by atoms with van der Waals surface area (Å²) < 4.78 is 10.9. The first-order valence-electron chi connectivity index (χ1n) is 8.63. The Morgan fingerprint density at radius 1 is 1.17 bits per heavy atom. The molecule has 0 bridgehead atoms. The van der Waals surface area contributed by atoms with Crippen molar-refractivity contribution in [3.63, 3.8) is 0 Å². The van der Waals surface area contributed by atoms with E-state index in [4.69, 9.17) is 9.47 Å². The lowest BCUT2D eigenvalue weighted by molar-refractivity contribution is 0.220. The van der Waals surface area contributed by atoms with Crippen LogP contribution in [0, 0.1) is 0 Å². The Bertz CT molecular complexity index is 747. The highest BCUT2D eigenvalue weighted by Gasteiger charge is 2.23. The van der Waals surface area contributed by atoms with Crippen molar-refractivity contribution in [1.82, 2.24) is 14.9 Å². The van der Waals surface area contributed by atoms with Crippen molar-refractivity contribution in [3.8, 4) is 11.6 Å². The quantitative estimate of drug-likeness (QED) is 0.868. The molecule has 2 aliphatic rings. The fourth-order valence-electron chi connectivity index (χ4n) is 3.58. The number of pyridine rings is 2. The highest BCUT2D eigenvalue weighted by atomic mass is 16.5. The van der Waals surface area contributed by atoms with Crippen LogP contribution in [0.4, 0.5) is 0 Å². The molecule has 0 aliphatic carbocycles. The SMILES string of the molecule is COc1ccc2c(n1)CCN(C(C)c1cnc3c(c1)OCC3)CC2. The van der Waals surface area contributed by atoms with Crippen LogP contribution in [-0.2, 0) is 19.3 Å². The molecule has 4 rings (SSSR count). The number of aromatic nitrogens is 2. The molecule has 0 radical (unpaired) electrons. The third-order valence-electron chi connectivity index (χ3n) is 5.13. The molecule has 0 saturated heterocycles. The Labute approximate surface area is 142 Å². The number of hydrogen-bond donors (Lipinski definition) is 0. The van der Waals surface area contributed by atoms with Gasteiger partial charge in [0.15, 0.2) is 0 Å². The molecule has 0 amide bonds. The predicted molar refractivity (Wildman–Crippen MR) is 91.6 cm³/mol. The first kappa shape index (κ1) is 15.4. The van der Waals surface area contributed by atoms with Crippen LogP contribution >= 0.6 is 0 Å². The second kappa shape index (κ2) is 6.40. The van der Waals surface area contributed by atoms with Crippen molar-refractivity contribution in [3.05, 3.63) is 46.9 Å². The zero-order chi connectivity index (χ0) is 16.5. The Hall–Kier alpha value is -2.14. The molecule has 0 N–H and O–H groups in total. The average Bonchev–Trinajstić information content (AvgIpc) is 2.99. The number of hydrogen-bond acceptors (Lipinski definition) is 5.